The molecule has 0 amide bonds. The Morgan fingerprint density at radius 3 is 1.98 bits per heavy atom. The van der Waals surface area contributed by atoms with Gasteiger partial charge in [-0.25, -0.2) is 4.39 Å². The summed E-state index contributed by atoms with van der Waals surface area (Å²) in [6, 6.07) is 31.0. The van der Waals surface area contributed by atoms with Gasteiger partial charge in [0.05, 0.1) is 6.61 Å². The van der Waals surface area contributed by atoms with Crippen LogP contribution in [0.2, 0.25) is 5.04 Å². The molecule has 3 aromatic rings. The summed E-state index contributed by atoms with van der Waals surface area (Å²) >= 11 is 1.58. The van der Waals surface area contributed by atoms with Crippen molar-refractivity contribution in [3.05, 3.63) is 103 Å². The lowest BCUT2D eigenvalue weighted by Crippen LogP contribution is -2.67. The predicted molar refractivity (Wildman–Crippen MR) is 178 cm³/mol. The summed E-state index contributed by atoms with van der Waals surface area (Å²) in [4.78, 5) is 1.05. The van der Waals surface area contributed by atoms with Gasteiger partial charge in [0.15, 0.2) is 12.0 Å². The Morgan fingerprint density at radius 1 is 0.930 bits per heavy atom. The summed E-state index contributed by atoms with van der Waals surface area (Å²) in [5.41, 5.74) is -0.397. The molecule has 1 aliphatic rings. The molecule has 0 saturated carbocycles. The number of hydrogen-bond acceptors (Lipinski definition) is 5. The Bertz CT molecular complexity index is 1240. The zero-order valence-electron chi connectivity index (χ0n) is 26.4. The third-order valence-electron chi connectivity index (χ3n) is 7.79. The number of thioether (sulfide) groups is 1. The SMILES string of the molecule is C=C(O[C@H](CO[Si](c1ccccc1)(c1ccccc1)C(C)(C)C)[C@@H]1OC(C)(C)O[C@H]1Sc1ccccc1)C(F)CCCC. The van der Waals surface area contributed by atoms with Gasteiger partial charge < -0.3 is 18.6 Å². The van der Waals surface area contributed by atoms with Crippen LogP contribution in [0.4, 0.5) is 4.39 Å². The molecule has 0 radical (unpaired) electrons. The van der Waals surface area contributed by atoms with E-state index in [9.17, 15) is 0 Å². The Kier molecular flexibility index (Phi) is 11.3. The van der Waals surface area contributed by atoms with E-state index in [1.54, 1.807) is 11.8 Å². The number of unbranched alkanes of at least 4 members (excludes halogenated alkanes) is 1. The Balaban J connectivity index is 1.73. The van der Waals surface area contributed by atoms with Crippen LogP contribution in [-0.2, 0) is 18.6 Å². The lowest BCUT2D eigenvalue weighted by Gasteiger charge is -2.44. The minimum absolute atomic E-state index is 0.112. The summed E-state index contributed by atoms with van der Waals surface area (Å²) in [7, 11) is -2.90. The molecule has 1 saturated heterocycles. The molecule has 0 spiro atoms. The highest BCUT2D eigenvalue weighted by atomic mass is 32.2. The Labute approximate surface area is 263 Å². The van der Waals surface area contributed by atoms with Gasteiger partial charge in [-0.3, -0.25) is 0 Å². The van der Waals surface area contributed by atoms with Crippen LogP contribution in [-0.4, -0.2) is 44.5 Å². The van der Waals surface area contributed by atoms with E-state index < -0.39 is 37.9 Å². The molecule has 3 aromatic carbocycles. The zero-order chi connectivity index (χ0) is 31.1. The molecule has 4 nitrogen and oxygen atoms in total. The molecule has 1 unspecified atom stereocenters. The van der Waals surface area contributed by atoms with Gasteiger partial charge in [-0.15, -0.1) is 0 Å². The molecule has 4 atom stereocenters. The molecule has 1 heterocycles. The standard InChI is InChI=1S/C36H47FO4SSi/c1-8-9-25-31(37)27(2)39-32(33-34(41-36(6,7)40-33)42-28-19-13-10-14-20-28)26-38-43(35(3,4)5,29-21-15-11-16-22-29)30-23-17-12-18-24-30/h10-24,31-34H,2,8-9,25-26H2,1,3-7H3/t31?,32-,33+,34+/m1/s1. The first-order chi connectivity index (χ1) is 20.5. The van der Waals surface area contributed by atoms with Gasteiger partial charge in [0, 0.05) is 4.90 Å². The second-order valence-electron chi connectivity index (χ2n) is 12.6. The molecular formula is C36H47FO4SSi. The Morgan fingerprint density at radius 2 is 1.47 bits per heavy atom. The van der Waals surface area contributed by atoms with Crippen LogP contribution in [0, 0.1) is 0 Å². The predicted octanol–water partition coefficient (Wildman–Crippen LogP) is 8.26. The summed E-state index contributed by atoms with van der Waals surface area (Å²) in [5, 5.41) is 2.10. The van der Waals surface area contributed by atoms with Crippen LogP contribution >= 0.6 is 11.8 Å². The summed E-state index contributed by atoms with van der Waals surface area (Å²) in [6.45, 7) is 16.8. The second-order valence-corrected chi connectivity index (χ2v) is 18.1. The first-order valence-electron chi connectivity index (χ1n) is 15.3. The maximum absolute atomic E-state index is 15.3. The van der Waals surface area contributed by atoms with Crippen molar-refractivity contribution in [2.45, 2.75) is 100 Å². The average Bonchev–Trinajstić information content (AvgIpc) is 3.29. The number of ether oxygens (including phenoxy) is 3. The molecule has 0 bridgehead atoms. The monoisotopic (exact) mass is 622 g/mol. The largest absolute Gasteiger partial charge is 0.487 e. The van der Waals surface area contributed by atoms with E-state index in [2.05, 4.69) is 75.9 Å². The first kappa shape index (κ1) is 33.5. The van der Waals surface area contributed by atoms with Crippen molar-refractivity contribution in [2.24, 2.45) is 0 Å². The molecule has 0 N–H and O–H groups in total. The van der Waals surface area contributed by atoms with Crippen molar-refractivity contribution in [1.29, 1.82) is 0 Å². The van der Waals surface area contributed by atoms with E-state index in [1.807, 2.05) is 63.2 Å². The van der Waals surface area contributed by atoms with Crippen molar-refractivity contribution in [1.82, 2.24) is 0 Å². The van der Waals surface area contributed by atoms with E-state index in [0.717, 1.165) is 28.1 Å². The lowest BCUT2D eigenvalue weighted by molar-refractivity contribution is -0.157. The Hall–Kier alpha value is -2.42. The zero-order valence-corrected chi connectivity index (χ0v) is 28.2. The fourth-order valence-electron chi connectivity index (χ4n) is 5.71. The number of rotatable bonds is 14. The fraction of sp³-hybridized carbons (Fsp3) is 0.444. The first-order valence-corrected chi connectivity index (χ1v) is 18.1. The minimum atomic E-state index is -2.90. The quantitative estimate of drug-likeness (QED) is 0.134. The van der Waals surface area contributed by atoms with Crippen molar-refractivity contribution >= 4 is 30.5 Å². The molecule has 0 aliphatic carbocycles. The van der Waals surface area contributed by atoms with E-state index in [-0.39, 0.29) is 17.4 Å². The van der Waals surface area contributed by atoms with Crippen molar-refractivity contribution < 1.29 is 23.0 Å². The van der Waals surface area contributed by atoms with Gasteiger partial charge in [0.25, 0.3) is 8.32 Å². The number of alkyl halides is 1. The molecule has 4 rings (SSSR count). The third kappa shape index (κ3) is 8.20. The van der Waals surface area contributed by atoms with Crippen LogP contribution in [0.25, 0.3) is 0 Å². The van der Waals surface area contributed by atoms with Crippen LogP contribution in [0.15, 0.2) is 108 Å². The van der Waals surface area contributed by atoms with Gasteiger partial charge in [-0.05, 0) is 47.8 Å². The van der Waals surface area contributed by atoms with Crippen LogP contribution in [0.1, 0.15) is 60.8 Å². The number of allylic oxidation sites excluding steroid dienone is 1. The third-order valence-corrected chi connectivity index (χ3v) is 13.9. The van der Waals surface area contributed by atoms with Crippen molar-refractivity contribution in [3.8, 4) is 0 Å². The molecular weight excluding hydrogens is 576 g/mol. The molecule has 1 fully saturated rings. The highest BCUT2D eigenvalue weighted by Gasteiger charge is 2.53. The molecule has 232 valence electrons. The molecule has 43 heavy (non-hydrogen) atoms. The van der Waals surface area contributed by atoms with Crippen molar-refractivity contribution in [2.75, 3.05) is 6.61 Å². The maximum atomic E-state index is 15.3. The lowest BCUT2D eigenvalue weighted by atomic mass is 10.1. The number of benzene rings is 3. The second kappa shape index (κ2) is 14.6. The molecule has 1 aliphatic heterocycles. The van der Waals surface area contributed by atoms with E-state index in [4.69, 9.17) is 18.6 Å². The molecule has 0 aromatic heterocycles. The smallest absolute Gasteiger partial charge is 0.261 e. The van der Waals surface area contributed by atoms with Crippen LogP contribution in [0.5, 0.6) is 0 Å². The summed E-state index contributed by atoms with van der Waals surface area (Å²) in [5.74, 6) is -0.740. The highest BCUT2D eigenvalue weighted by molar-refractivity contribution is 7.99. The number of halogens is 1. The van der Waals surface area contributed by atoms with Gasteiger partial charge in [-0.2, -0.15) is 0 Å². The van der Waals surface area contributed by atoms with Crippen LogP contribution < -0.4 is 10.4 Å². The van der Waals surface area contributed by atoms with Crippen LogP contribution in [0.3, 0.4) is 0 Å². The normalized spacial score (nSPS) is 20.0. The van der Waals surface area contributed by atoms with E-state index in [0.29, 0.717) is 6.42 Å². The topological polar surface area (TPSA) is 36.9 Å². The molecule has 7 heteroatoms. The van der Waals surface area contributed by atoms with Gasteiger partial charge in [0.1, 0.15) is 23.4 Å². The van der Waals surface area contributed by atoms with Gasteiger partial charge in [0.2, 0.25) is 0 Å². The fourth-order valence-corrected chi connectivity index (χ4v) is 11.5. The van der Waals surface area contributed by atoms with E-state index >= 15 is 4.39 Å². The summed E-state index contributed by atoms with van der Waals surface area (Å²) in [6.07, 6.45) is -0.434. The maximum Gasteiger partial charge on any atom is 0.261 e. The average molecular weight is 623 g/mol. The van der Waals surface area contributed by atoms with Gasteiger partial charge >= 0.3 is 0 Å². The summed E-state index contributed by atoms with van der Waals surface area (Å²) < 4.78 is 41.9. The van der Waals surface area contributed by atoms with E-state index in [1.165, 1.54) is 0 Å². The minimum Gasteiger partial charge on any atom is -0.487 e. The number of hydrogen-bond donors (Lipinski definition) is 0. The van der Waals surface area contributed by atoms with Gasteiger partial charge in [-0.1, -0.05) is 138 Å². The van der Waals surface area contributed by atoms with Crippen molar-refractivity contribution in [3.63, 3.8) is 0 Å². The highest BCUT2D eigenvalue weighted by Crippen LogP contribution is 2.42.